The lowest BCUT2D eigenvalue weighted by atomic mass is 9.76. The van der Waals surface area contributed by atoms with Gasteiger partial charge in [0.05, 0.1) is 11.4 Å². The topological polar surface area (TPSA) is 18.5 Å². The van der Waals surface area contributed by atoms with Gasteiger partial charge in [0.2, 0.25) is 0 Å². The Morgan fingerprint density at radius 2 is 1.86 bits per heavy atom. The van der Waals surface area contributed by atoms with E-state index in [-0.39, 0.29) is 17.0 Å². The van der Waals surface area contributed by atoms with Crippen LogP contribution < -0.4 is 0 Å². The van der Waals surface area contributed by atoms with Gasteiger partial charge in [0, 0.05) is 10.1 Å². The number of hydrogen-bond acceptors (Lipinski definition) is 4. The third-order valence-corrected chi connectivity index (χ3v) is 6.80. The molecule has 1 saturated carbocycles. The van der Waals surface area contributed by atoms with Crippen LogP contribution in [0.4, 0.5) is 0 Å². The van der Waals surface area contributed by atoms with Crippen LogP contribution in [0.1, 0.15) is 34.1 Å². The second kappa shape index (κ2) is 5.48. The Hall–Kier alpha value is -0.160. The molecule has 2 fully saturated rings. The molecule has 5 atom stereocenters. The Morgan fingerprint density at radius 3 is 2.52 bits per heavy atom. The Balaban J connectivity index is 1.91. The molecule has 2 nitrogen and oxygen atoms in total. The maximum absolute atomic E-state index is 6.37. The number of thiol groups is 1. The van der Waals surface area contributed by atoms with Gasteiger partial charge in [-0.05, 0) is 45.2 Å². The van der Waals surface area contributed by atoms with Crippen LogP contribution in [0.25, 0.3) is 0 Å². The van der Waals surface area contributed by atoms with Crippen LogP contribution in [0.2, 0.25) is 0 Å². The molecule has 0 radical (unpaired) electrons. The third-order valence-electron chi connectivity index (χ3n) is 4.49. The van der Waals surface area contributed by atoms with Crippen molar-refractivity contribution in [1.82, 2.24) is 0 Å². The molecule has 3 rings (SSSR count). The molecule has 1 aliphatic heterocycles. The Kier molecular flexibility index (Phi) is 4.11. The zero-order valence-corrected chi connectivity index (χ0v) is 14.8. The van der Waals surface area contributed by atoms with Crippen molar-refractivity contribution in [3.63, 3.8) is 0 Å². The Bertz CT molecular complexity index is 505. The van der Waals surface area contributed by atoms with Gasteiger partial charge in [-0.2, -0.15) is 12.6 Å². The molecule has 0 spiro atoms. The fraction of sp³-hybridized carbons (Fsp3) is 0.647. The highest BCUT2D eigenvalue weighted by Gasteiger charge is 2.60. The summed E-state index contributed by atoms with van der Waals surface area (Å²) < 4.78 is 12.6. The summed E-state index contributed by atoms with van der Waals surface area (Å²) in [5.74, 6) is -0.0482. The number of fused-ring (bicyclic) bond motifs is 1. The molecule has 21 heavy (non-hydrogen) atoms. The van der Waals surface area contributed by atoms with Crippen molar-refractivity contribution in [3.05, 3.63) is 30.3 Å². The summed E-state index contributed by atoms with van der Waals surface area (Å²) >= 11 is 6.75. The van der Waals surface area contributed by atoms with Crippen LogP contribution in [0.5, 0.6) is 0 Å². The molecule has 1 heterocycles. The fourth-order valence-electron chi connectivity index (χ4n) is 3.79. The maximum Gasteiger partial charge on any atom is 0.164 e. The standard InChI is InChI=1S/C17H24O2S2/c1-11-10-13(20)15(21-12-8-6-5-7-9-12)17(4)14(11)18-16(2,3)19-17/h5-9,11,13-15,20H,10H2,1-4H3/t11-,13-,14-,15+,17-/m0/s1. The molecular formula is C17H24O2S2. The van der Waals surface area contributed by atoms with E-state index in [4.69, 9.17) is 22.1 Å². The van der Waals surface area contributed by atoms with E-state index in [2.05, 4.69) is 38.1 Å². The Morgan fingerprint density at radius 1 is 1.19 bits per heavy atom. The molecule has 116 valence electrons. The summed E-state index contributed by atoms with van der Waals surface area (Å²) in [6.07, 6.45) is 1.20. The van der Waals surface area contributed by atoms with Gasteiger partial charge < -0.3 is 9.47 Å². The maximum atomic E-state index is 6.37. The lowest BCUT2D eigenvalue weighted by Gasteiger charge is -2.46. The molecule has 0 bridgehead atoms. The zero-order chi connectivity index (χ0) is 15.3. The van der Waals surface area contributed by atoms with E-state index in [9.17, 15) is 0 Å². The highest BCUT2D eigenvalue weighted by Crippen LogP contribution is 2.53. The van der Waals surface area contributed by atoms with Gasteiger partial charge in [0.15, 0.2) is 5.79 Å². The lowest BCUT2D eigenvalue weighted by Crippen LogP contribution is -2.57. The summed E-state index contributed by atoms with van der Waals surface area (Å²) in [7, 11) is 0. The average Bonchev–Trinajstić information content (AvgIpc) is 2.67. The van der Waals surface area contributed by atoms with Gasteiger partial charge in [0.1, 0.15) is 5.60 Å². The number of hydrogen-bond donors (Lipinski definition) is 1. The number of rotatable bonds is 2. The minimum absolute atomic E-state index is 0.136. The van der Waals surface area contributed by atoms with E-state index in [1.807, 2.05) is 31.7 Å². The second-order valence-corrected chi connectivity index (χ2v) is 8.73. The van der Waals surface area contributed by atoms with Crippen LogP contribution in [0.15, 0.2) is 35.2 Å². The summed E-state index contributed by atoms with van der Waals surface area (Å²) in [5.41, 5.74) is -0.298. The molecule has 4 heteroatoms. The van der Waals surface area contributed by atoms with Gasteiger partial charge in [-0.1, -0.05) is 25.1 Å². The van der Waals surface area contributed by atoms with E-state index in [1.165, 1.54) is 4.90 Å². The average molecular weight is 325 g/mol. The van der Waals surface area contributed by atoms with Gasteiger partial charge in [-0.15, -0.1) is 11.8 Å². The van der Waals surface area contributed by atoms with Crippen molar-refractivity contribution in [2.24, 2.45) is 5.92 Å². The summed E-state index contributed by atoms with van der Waals surface area (Å²) in [4.78, 5) is 1.27. The van der Waals surface area contributed by atoms with Crippen LogP contribution in [0, 0.1) is 5.92 Å². The first-order valence-electron chi connectivity index (χ1n) is 7.59. The third kappa shape index (κ3) is 2.88. The van der Waals surface area contributed by atoms with Gasteiger partial charge in [0.25, 0.3) is 0 Å². The summed E-state index contributed by atoms with van der Waals surface area (Å²) in [6.45, 7) is 8.48. The van der Waals surface area contributed by atoms with E-state index < -0.39 is 5.79 Å². The summed E-state index contributed by atoms with van der Waals surface area (Å²) in [5, 5.41) is 0.593. The summed E-state index contributed by atoms with van der Waals surface area (Å²) in [6, 6.07) is 10.5. The monoisotopic (exact) mass is 324 g/mol. The number of benzene rings is 1. The molecule has 2 aliphatic rings. The number of thioether (sulfide) groups is 1. The normalized spacial score (nSPS) is 41.8. The largest absolute Gasteiger partial charge is 0.344 e. The molecule has 1 aliphatic carbocycles. The second-order valence-electron chi connectivity index (χ2n) is 6.86. The van der Waals surface area contributed by atoms with Crippen LogP contribution in [0.3, 0.4) is 0 Å². The van der Waals surface area contributed by atoms with Crippen molar-refractivity contribution in [2.75, 3.05) is 0 Å². The molecule has 1 saturated heterocycles. The first-order chi connectivity index (χ1) is 9.82. The molecule has 0 unspecified atom stereocenters. The van der Waals surface area contributed by atoms with Crippen molar-refractivity contribution in [1.29, 1.82) is 0 Å². The highest BCUT2D eigenvalue weighted by atomic mass is 32.2. The first-order valence-corrected chi connectivity index (χ1v) is 8.99. The highest BCUT2D eigenvalue weighted by molar-refractivity contribution is 8.00. The van der Waals surface area contributed by atoms with E-state index >= 15 is 0 Å². The first kappa shape index (κ1) is 15.7. The van der Waals surface area contributed by atoms with Crippen LogP contribution >= 0.6 is 24.4 Å². The predicted molar refractivity (Wildman–Crippen MR) is 91.1 cm³/mol. The number of ether oxygens (including phenoxy) is 2. The van der Waals surface area contributed by atoms with Crippen molar-refractivity contribution < 1.29 is 9.47 Å². The van der Waals surface area contributed by atoms with Gasteiger partial charge in [-0.25, -0.2) is 0 Å². The minimum Gasteiger partial charge on any atom is -0.344 e. The van der Waals surface area contributed by atoms with E-state index in [0.29, 0.717) is 11.2 Å². The van der Waals surface area contributed by atoms with Gasteiger partial charge in [-0.3, -0.25) is 0 Å². The lowest BCUT2D eigenvalue weighted by molar-refractivity contribution is -0.160. The SMILES string of the molecule is C[C@H]1C[C@H](S)[C@@H](Sc2ccccc2)[C@@]2(C)OC(C)(C)O[C@@H]12. The van der Waals surface area contributed by atoms with Crippen molar-refractivity contribution >= 4 is 24.4 Å². The molecule has 1 aromatic carbocycles. The van der Waals surface area contributed by atoms with Gasteiger partial charge >= 0.3 is 0 Å². The fourth-order valence-corrected chi connectivity index (χ4v) is 5.89. The van der Waals surface area contributed by atoms with Crippen molar-refractivity contribution in [3.8, 4) is 0 Å². The molecular weight excluding hydrogens is 300 g/mol. The molecule has 1 aromatic rings. The molecule has 0 N–H and O–H groups in total. The quantitative estimate of drug-likeness (QED) is 0.814. The van der Waals surface area contributed by atoms with Crippen LogP contribution in [-0.4, -0.2) is 28.0 Å². The molecule has 0 aromatic heterocycles. The van der Waals surface area contributed by atoms with Crippen LogP contribution in [-0.2, 0) is 9.47 Å². The van der Waals surface area contributed by atoms with E-state index in [0.717, 1.165) is 6.42 Å². The van der Waals surface area contributed by atoms with E-state index in [1.54, 1.807) is 0 Å². The molecule has 0 amide bonds. The van der Waals surface area contributed by atoms with Crippen molar-refractivity contribution in [2.45, 2.75) is 67.0 Å². The minimum atomic E-state index is -0.513. The smallest absolute Gasteiger partial charge is 0.164 e. The predicted octanol–water partition coefficient (Wildman–Crippen LogP) is 4.40. The Labute approximate surface area is 137 Å². The zero-order valence-electron chi connectivity index (χ0n) is 13.1.